The van der Waals surface area contributed by atoms with Gasteiger partial charge >= 0.3 is 0 Å². The highest BCUT2D eigenvalue weighted by Gasteiger charge is 2.21. The third-order valence-corrected chi connectivity index (χ3v) is 3.38. The number of hydrogen-bond donors (Lipinski definition) is 2. The van der Waals surface area contributed by atoms with Crippen LogP contribution < -0.4 is 4.74 Å². The van der Waals surface area contributed by atoms with Gasteiger partial charge in [-0.2, -0.15) is 5.10 Å². The van der Waals surface area contributed by atoms with Crippen molar-refractivity contribution in [3.63, 3.8) is 0 Å². The van der Waals surface area contributed by atoms with Crippen molar-refractivity contribution >= 4 is 23.2 Å². The Morgan fingerprint density at radius 1 is 1.47 bits per heavy atom. The maximum absolute atomic E-state index is 10.4. The number of halogens is 2. The second-order valence-electron chi connectivity index (χ2n) is 3.81. The van der Waals surface area contributed by atoms with Crippen molar-refractivity contribution in [2.75, 3.05) is 6.61 Å². The molecular formula is C13H12Cl2N2O2. The average molecular weight is 299 g/mol. The number of nitrogens with one attached hydrogen (secondary N) is 1. The lowest BCUT2D eigenvalue weighted by atomic mass is 10.0. The first kappa shape index (κ1) is 13.9. The zero-order valence-corrected chi connectivity index (χ0v) is 11.4. The minimum Gasteiger partial charge on any atom is -0.489 e. The van der Waals surface area contributed by atoms with E-state index in [-0.39, 0.29) is 5.02 Å². The topological polar surface area (TPSA) is 58.1 Å². The summed E-state index contributed by atoms with van der Waals surface area (Å²) in [5.74, 6) is 0.461. The fourth-order valence-corrected chi connectivity index (χ4v) is 2.08. The van der Waals surface area contributed by atoms with Gasteiger partial charge in [0.05, 0.1) is 16.2 Å². The van der Waals surface area contributed by atoms with E-state index in [1.54, 1.807) is 24.4 Å². The predicted molar refractivity (Wildman–Crippen MR) is 74.8 cm³/mol. The molecule has 100 valence electrons. The van der Waals surface area contributed by atoms with Gasteiger partial charge in [-0.3, -0.25) is 5.10 Å². The van der Waals surface area contributed by atoms with Crippen molar-refractivity contribution in [3.8, 4) is 5.75 Å². The van der Waals surface area contributed by atoms with Crippen molar-refractivity contribution in [3.05, 3.63) is 58.4 Å². The van der Waals surface area contributed by atoms with Crippen LogP contribution in [0.5, 0.6) is 5.75 Å². The second kappa shape index (κ2) is 6.10. The number of aromatic nitrogens is 2. The molecule has 0 fully saturated rings. The van der Waals surface area contributed by atoms with Crippen LogP contribution in [0.25, 0.3) is 0 Å². The van der Waals surface area contributed by atoms with Crippen molar-refractivity contribution < 1.29 is 9.84 Å². The third kappa shape index (κ3) is 2.92. The van der Waals surface area contributed by atoms with Gasteiger partial charge in [-0.15, -0.1) is 0 Å². The van der Waals surface area contributed by atoms with E-state index < -0.39 is 6.10 Å². The van der Waals surface area contributed by atoms with Crippen LogP contribution in [0, 0.1) is 0 Å². The lowest BCUT2D eigenvalue weighted by Crippen LogP contribution is -2.05. The summed E-state index contributed by atoms with van der Waals surface area (Å²) in [7, 11) is 0. The fourth-order valence-electron chi connectivity index (χ4n) is 1.66. The molecule has 19 heavy (non-hydrogen) atoms. The molecule has 2 rings (SSSR count). The Labute approximate surface area is 120 Å². The molecule has 0 spiro atoms. The maximum Gasteiger partial charge on any atom is 0.127 e. The Hall–Kier alpha value is -1.49. The van der Waals surface area contributed by atoms with Crippen LogP contribution in [-0.4, -0.2) is 21.9 Å². The Bertz CT molecular complexity index is 570. The number of benzene rings is 1. The summed E-state index contributed by atoms with van der Waals surface area (Å²) >= 11 is 12.1. The Morgan fingerprint density at radius 3 is 2.89 bits per heavy atom. The Balaban J connectivity index is 2.46. The molecule has 0 aliphatic rings. The molecule has 1 aromatic heterocycles. The van der Waals surface area contributed by atoms with Crippen LogP contribution in [-0.2, 0) is 0 Å². The van der Waals surface area contributed by atoms with Crippen molar-refractivity contribution in [1.82, 2.24) is 10.2 Å². The minimum absolute atomic E-state index is 0.261. The molecule has 0 radical (unpaired) electrons. The normalized spacial score (nSPS) is 12.2. The van der Waals surface area contributed by atoms with Crippen molar-refractivity contribution in [2.24, 2.45) is 0 Å². The number of aromatic amines is 1. The smallest absolute Gasteiger partial charge is 0.127 e. The van der Waals surface area contributed by atoms with Crippen molar-refractivity contribution in [2.45, 2.75) is 6.10 Å². The summed E-state index contributed by atoms with van der Waals surface area (Å²) in [6, 6.07) is 3.28. The van der Waals surface area contributed by atoms with Gasteiger partial charge in [0.15, 0.2) is 0 Å². The first-order valence-corrected chi connectivity index (χ1v) is 6.29. The largest absolute Gasteiger partial charge is 0.489 e. The zero-order chi connectivity index (χ0) is 13.8. The van der Waals surface area contributed by atoms with E-state index in [1.807, 2.05) is 0 Å². The van der Waals surface area contributed by atoms with Gasteiger partial charge in [0.1, 0.15) is 18.5 Å². The molecule has 1 aromatic carbocycles. The highest BCUT2D eigenvalue weighted by Crippen LogP contribution is 2.39. The molecule has 2 N–H and O–H groups in total. The number of H-pyrrole nitrogens is 1. The standard InChI is InChI=1S/C13H12Cl2N2O2/c1-2-5-19-10-4-3-9(14)12(15)11(10)13(18)8-6-16-17-7-8/h2-4,6-7,13,18H,1,5H2,(H,16,17). The van der Waals surface area contributed by atoms with E-state index in [0.29, 0.717) is 28.5 Å². The summed E-state index contributed by atoms with van der Waals surface area (Å²) in [6.45, 7) is 3.89. The quantitative estimate of drug-likeness (QED) is 0.832. The van der Waals surface area contributed by atoms with E-state index in [2.05, 4.69) is 16.8 Å². The zero-order valence-electron chi connectivity index (χ0n) is 9.94. The molecular weight excluding hydrogens is 287 g/mol. The third-order valence-electron chi connectivity index (χ3n) is 2.56. The number of hydrogen-bond acceptors (Lipinski definition) is 3. The number of nitrogens with zero attached hydrogens (tertiary/aromatic N) is 1. The highest BCUT2D eigenvalue weighted by atomic mass is 35.5. The molecule has 6 heteroatoms. The van der Waals surface area contributed by atoms with Crippen molar-refractivity contribution in [1.29, 1.82) is 0 Å². The number of aliphatic hydroxyl groups excluding tert-OH is 1. The van der Waals surface area contributed by atoms with Gasteiger partial charge in [0.25, 0.3) is 0 Å². The molecule has 0 bridgehead atoms. The van der Waals surface area contributed by atoms with E-state index >= 15 is 0 Å². The fraction of sp³-hybridized carbons (Fsp3) is 0.154. The van der Waals surface area contributed by atoms with Gasteiger partial charge in [0.2, 0.25) is 0 Å². The lowest BCUT2D eigenvalue weighted by molar-refractivity contribution is 0.213. The number of rotatable bonds is 5. The van der Waals surface area contributed by atoms with Crippen LogP contribution in [0.15, 0.2) is 37.2 Å². The summed E-state index contributed by atoms with van der Waals surface area (Å²) in [5, 5.41) is 17.4. The van der Waals surface area contributed by atoms with Crippen LogP contribution in [0.1, 0.15) is 17.2 Å². The van der Waals surface area contributed by atoms with Crippen LogP contribution >= 0.6 is 23.2 Å². The lowest BCUT2D eigenvalue weighted by Gasteiger charge is -2.17. The van der Waals surface area contributed by atoms with Gasteiger partial charge in [-0.1, -0.05) is 35.9 Å². The molecule has 0 amide bonds. The first-order chi connectivity index (χ1) is 9.15. The van der Waals surface area contributed by atoms with Crippen LogP contribution in [0.4, 0.5) is 0 Å². The Morgan fingerprint density at radius 2 is 2.26 bits per heavy atom. The van der Waals surface area contributed by atoms with E-state index in [1.165, 1.54) is 6.20 Å². The second-order valence-corrected chi connectivity index (χ2v) is 4.59. The molecule has 1 heterocycles. The van der Waals surface area contributed by atoms with E-state index in [9.17, 15) is 5.11 Å². The van der Waals surface area contributed by atoms with Crippen LogP contribution in [0.2, 0.25) is 10.0 Å². The predicted octanol–water partition coefficient (Wildman–Crippen LogP) is 3.36. The number of aliphatic hydroxyl groups is 1. The minimum atomic E-state index is -0.968. The van der Waals surface area contributed by atoms with Gasteiger partial charge in [0, 0.05) is 17.3 Å². The van der Waals surface area contributed by atoms with E-state index in [4.69, 9.17) is 27.9 Å². The summed E-state index contributed by atoms with van der Waals surface area (Å²) < 4.78 is 5.49. The molecule has 1 unspecified atom stereocenters. The monoisotopic (exact) mass is 298 g/mol. The molecule has 0 saturated heterocycles. The number of ether oxygens (including phenoxy) is 1. The molecule has 1 atom stereocenters. The molecule has 2 aromatic rings. The molecule has 0 aliphatic heterocycles. The Kier molecular flexibility index (Phi) is 4.47. The molecule has 0 aliphatic carbocycles. The highest BCUT2D eigenvalue weighted by molar-refractivity contribution is 6.42. The summed E-state index contributed by atoms with van der Waals surface area (Å²) in [6.07, 6.45) is 3.74. The summed E-state index contributed by atoms with van der Waals surface area (Å²) in [5.41, 5.74) is 0.991. The average Bonchev–Trinajstić information content (AvgIpc) is 2.93. The molecule has 4 nitrogen and oxygen atoms in total. The summed E-state index contributed by atoms with van der Waals surface area (Å²) in [4.78, 5) is 0. The van der Waals surface area contributed by atoms with Crippen LogP contribution in [0.3, 0.4) is 0 Å². The van der Waals surface area contributed by atoms with Gasteiger partial charge < -0.3 is 9.84 Å². The molecule has 0 saturated carbocycles. The van der Waals surface area contributed by atoms with Gasteiger partial charge in [-0.05, 0) is 12.1 Å². The van der Waals surface area contributed by atoms with Gasteiger partial charge in [-0.25, -0.2) is 0 Å². The van der Waals surface area contributed by atoms with E-state index in [0.717, 1.165) is 0 Å². The first-order valence-electron chi connectivity index (χ1n) is 5.53. The maximum atomic E-state index is 10.4. The SMILES string of the molecule is C=CCOc1ccc(Cl)c(Cl)c1C(O)c1cn[nH]c1.